The van der Waals surface area contributed by atoms with Crippen LogP contribution in [0.4, 0.5) is 17.1 Å². The van der Waals surface area contributed by atoms with Crippen LogP contribution < -0.4 is 14.3 Å². The van der Waals surface area contributed by atoms with E-state index < -0.39 is 32.7 Å². The van der Waals surface area contributed by atoms with E-state index in [1.807, 2.05) is 13.0 Å². The Kier molecular flexibility index (Phi) is 7.60. The number of carbonyl (C=O) groups excluding carboxylic acids is 1. The summed E-state index contributed by atoms with van der Waals surface area (Å²) in [5.74, 6) is -0.581. The van der Waals surface area contributed by atoms with E-state index in [-0.39, 0.29) is 4.90 Å². The summed E-state index contributed by atoms with van der Waals surface area (Å²) in [6.45, 7) is 1.40. The van der Waals surface area contributed by atoms with Crippen molar-refractivity contribution in [1.29, 1.82) is 0 Å². The van der Waals surface area contributed by atoms with Gasteiger partial charge in [0.05, 0.1) is 10.6 Å². The molecule has 0 heterocycles. The molecule has 0 aromatic heterocycles. The van der Waals surface area contributed by atoms with Gasteiger partial charge in [-0.2, -0.15) is 12.7 Å². The normalized spacial score (nSPS) is 11.8. The van der Waals surface area contributed by atoms with Crippen LogP contribution in [0.3, 0.4) is 0 Å². The van der Waals surface area contributed by atoms with Gasteiger partial charge in [-0.15, -0.1) is 0 Å². The molecule has 180 valence electrons. The van der Waals surface area contributed by atoms with Crippen molar-refractivity contribution in [3.8, 4) is 0 Å². The van der Waals surface area contributed by atoms with Crippen molar-refractivity contribution >= 4 is 43.2 Å². The minimum absolute atomic E-state index is 0.0214. The summed E-state index contributed by atoms with van der Waals surface area (Å²) in [5, 5.41) is 2.61. The number of benzene rings is 3. The summed E-state index contributed by atoms with van der Waals surface area (Å²) in [4.78, 5) is 12.7. The van der Waals surface area contributed by atoms with Crippen molar-refractivity contribution in [3.63, 3.8) is 0 Å². The molecule has 0 unspecified atom stereocenters. The largest absolute Gasteiger partial charge is 0.325 e. The number of carbonyl (C=O) groups is 1. The zero-order valence-corrected chi connectivity index (χ0v) is 20.6. The fourth-order valence-electron chi connectivity index (χ4n) is 3.07. The minimum atomic E-state index is -3.92. The van der Waals surface area contributed by atoms with E-state index in [0.717, 1.165) is 14.2 Å². The number of nitrogens with zero attached hydrogens (tertiary/aromatic N) is 2. The van der Waals surface area contributed by atoms with Crippen molar-refractivity contribution in [3.05, 3.63) is 84.4 Å². The highest BCUT2D eigenvalue weighted by Crippen LogP contribution is 2.21. The van der Waals surface area contributed by atoms with Crippen LogP contribution in [-0.4, -0.2) is 47.7 Å². The molecule has 11 heteroatoms. The van der Waals surface area contributed by atoms with Crippen molar-refractivity contribution < 1.29 is 21.6 Å². The van der Waals surface area contributed by atoms with Crippen molar-refractivity contribution in [1.82, 2.24) is 4.31 Å². The van der Waals surface area contributed by atoms with Crippen LogP contribution in [0.2, 0.25) is 0 Å². The predicted octanol–water partition coefficient (Wildman–Crippen LogP) is 3.05. The molecule has 0 aliphatic heterocycles. The van der Waals surface area contributed by atoms with E-state index in [9.17, 15) is 21.6 Å². The van der Waals surface area contributed by atoms with Crippen LogP contribution in [0.1, 0.15) is 5.56 Å². The molecule has 9 nitrogen and oxygen atoms in total. The number of para-hydroxylation sites is 1. The highest BCUT2D eigenvalue weighted by atomic mass is 32.2. The van der Waals surface area contributed by atoms with Gasteiger partial charge in [0.1, 0.15) is 6.54 Å². The smallest absolute Gasteiger partial charge is 0.304 e. The maximum absolute atomic E-state index is 12.7. The van der Waals surface area contributed by atoms with Crippen molar-refractivity contribution in [2.75, 3.05) is 35.0 Å². The molecule has 0 aliphatic carbocycles. The van der Waals surface area contributed by atoms with Crippen LogP contribution in [0.15, 0.2) is 83.8 Å². The first-order valence-electron chi connectivity index (χ1n) is 10.2. The monoisotopic (exact) mass is 502 g/mol. The number of nitrogens with one attached hydrogen (secondary N) is 2. The summed E-state index contributed by atoms with van der Waals surface area (Å²) in [7, 11) is -4.97. The van der Waals surface area contributed by atoms with Gasteiger partial charge in [0.15, 0.2) is 0 Å². The lowest BCUT2D eigenvalue weighted by Crippen LogP contribution is -2.44. The number of amides is 1. The average molecular weight is 503 g/mol. The first kappa shape index (κ1) is 25.2. The molecule has 34 heavy (non-hydrogen) atoms. The highest BCUT2D eigenvalue weighted by Gasteiger charge is 2.27. The lowest BCUT2D eigenvalue weighted by Gasteiger charge is -2.26. The Morgan fingerprint density at radius 2 is 1.47 bits per heavy atom. The fourth-order valence-corrected chi connectivity index (χ4v) is 5.18. The van der Waals surface area contributed by atoms with E-state index in [2.05, 4.69) is 10.0 Å². The zero-order valence-electron chi connectivity index (χ0n) is 19.0. The predicted molar refractivity (Wildman–Crippen MR) is 133 cm³/mol. The minimum Gasteiger partial charge on any atom is -0.325 e. The lowest BCUT2D eigenvalue weighted by molar-refractivity contribution is -0.114. The zero-order chi connectivity index (χ0) is 24.9. The van der Waals surface area contributed by atoms with Crippen LogP contribution in [0, 0.1) is 6.92 Å². The van der Waals surface area contributed by atoms with Gasteiger partial charge >= 0.3 is 10.2 Å². The topological polar surface area (TPSA) is 116 Å². The Bertz CT molecular complexity index is 1360. The van der Waals surface area contributed by atoms with Crippen molar-refractivity contribution in [2.24, 2.45) is 0 Å². The van der Waals surface area contributed by atoms with Gasteiger partial charge in [-0.1, -0.05) is 30.3 Å². The number of anilines is 3. The molecule has 0 saturated heterocycles. The molecular weight excluding hydrogens is 476 g/mol. The molecule has 0 aliphatic rings. The Hall–Kier alpha value is -3.41. The summed E-state index contributed by atoms with van der Waals surface area (Å²) >= 11 is 0. The summed E-state index contributed by atoms with van der Waals surface area (Å²) in [6.07, 6.45) is 0. The number of rotatable bonds is 9. The first-order valence-corrected chi connectivity index (χ1v) is 13.1. The van der Waals surface area contributed by atoms with Gasteiger partial charge in [0, 0.05) is 25.5 Å². The van der Waals surface area contributed by atoms with Gasteiger partial charge in [-0.25, -0.2) is 12.7 Å². The Morgan fingerprint density at radius 1 is 0.824 bits per heavy atom. The molecule has 0 atom stereocenters. The van der Waals surface area contributed by atoms with Crippen molar-refractivity contribution in [2.45, 2.75) is 11.8 Å². The van der Waals surface area contributed by atoms with Gasteiger partial charge in [0.2, 0.25) is 5.91 Å². The molecule has 3 aromatic rings. The van der Waals surface area contributed by atoms with Gasteiger partial charge in [-0.3, -0.25) is 9.52 Å². The molecule has 1 amide bonds. The van der Waals surface area contributed by atoms with E-state index >= 15 is 0 Å². The summed E-state index contributed by atoms with van der Waals surface area (Å²) in [5.41, 5.74) is 2.03. The molecule has 0 bridgehead atoms. The number of sulfonamides is 1. The molecule has 2 N–H and O–H groups in total. The van der Waals surface area contributed by atoms with Gasteiger partial charge in [0.25, 0.3) is 10.0 Å². The second kappa shape index (κ2) is 10.2. The summed E-state index contributed by atoms with van der Waals surface area (Å²) < 4.78 is 55.3. The van der Waals surface area contributed by atoms with Crippen LogP contribution in [-0.2, 0) is 25.0 Å². The molecule has 3 aromatic carbocycles. The Labute approximate surface area is 200 Å². The van der Waals surface area contributed by atoms with E-state index in [0.29, 0.717) is 17.1 Å². The number of aryl methyl sites for hydroxylation is 1. The second-order valence-corrected chi connectivity index (χ2v) is 11.4. The summed E-state index contributed by atoms with van der Waals surface area (Å²) in [6, 6.07) is 20.9. The number of hydrogen-bond acceptors (Lipinski definition) is 5. The van der Waals surface area contributed by atoms with Gasteiger partial charge in [-0.05, 0) is 61.0 Å². The first-order chi connectivity index (χ1) is 16.0. The molecule has 0 fully saturated rings. The third-order valence-electron chi connectivity index (χ3n) is 4.79. The highest BCUT2D eigenvalue weighted by molar-refractivity contribution is 7.92. The van der Waals surface area contributed by atoms with E-state index in [4.69, 9.17) is 0 Å². The fraction of sp³-hybridized carbons (Fsp3) is 0.174. The molecule has 0 spiro atoms. The molecule has 0 radical (unpaired) electrons. The molecule has 0 saturated carbocycles. The Balaban J connectivity index is 1.73. The standard InChI is InChI=1S/C23H26N4O5S2/c1-18-8-7-9-20(16-18)25-33(29,30)22-14-12-19(13-15-22)24-23(28)17-27(34(31,32)26(2)3)21-10-5-4-6-11-21/h4-16,25H,17H2,1-3H3,(H,24,28). The van der Waals surface area contributed by atoms with Crippen LogP contribution in [0.25, 0.3) is 0 Å². The number of hydrogen-bond donors (Lipinski definition) is 2. The second-order valence-electron chi connectivity index (χ2n) is 7.68. The van der Waals surface area contributed by atoms with Crippen LogP contribution >= 0.6 is 0 Å². The third-order valence-corrected chi connectivity index (χ3v) is 8.01. The maximum Gasteiger partial charge on any atom is 0.304 e. The average Bonchev–Trinajstić information content (AvgIpc) is 2.78. The lowest BCUT2D eigenvalue weighted by atomic mass is 10.2. The third kappa shape index (κ3) is 6.13. The van der Waals surface area contributed by atoms with Gasteiger partial charge < -0.3 is 5.32 Å². The van der Waals surface area contributed by atoms with Crippen LogP contribution in [0.5, 0.6) is 0 Å². The van der Waals surface area contributed by atoms with E-state index in [1.165, 1.54) is 38.4 Å². The quantitative estimate of drug-likeness (QED) is 0.467. The molecular formula is C23H26N4O5S2. The SMILES string of the molecule is Cc1cccc(NS(=O)(=O)c2ccc(NC(=O)CN(c3ccccc3)S(=O)(=O)N(C)C)cc2)c1. The van der Waals surface area contributed by atoms with E-state index in [1.54, 1.807) is 48.5 Å². The molecule has 3 rings (SSSR count). The maximum atomic E-state index is 12.7. The Morgan fingerprint density at radius 3 is 2.06 bits per heavy atom.